The van der Waals surface area contributed by atoms with Crippen LogP contribution in [-0.2, 0) is 4.74 Å². The minimum Gasteiger partial charge on any atom is -0.444 e. The summed E-state index contributed by atoms with van der Waals surface area (Å²) in [5, 5.41) is 3.47. The van der Waals surface area contributed by atoms with E-state index >= 15 is 0 Å². The summed E-state index contributed by atoms with van der Waals surface area (Å²) in [5.41, 5.74) is -0.410. The summed E-state index contributed by atoms with van der Waals surface area (Å²) in [7, 11) is 0. The van der Waals surface area contributed by atoms with Gasteiger partial charge in [0.15, 0.2) is 0 Å². The number of nitrogens with zero attached hydrogens (tertiary/aromatic N) is 1. The van der Waals surface area contributed by atoms with E-state index in [-0.39, 0.29) is 6.09 Å². The number of ether oxygens (including phenoxy) is 1. The van der Waals surface area contributed by atoms with Gasteiger partial charge in [0.25, 0.3) is 0 Å². The van der Waals surface area contributed by atoms with Crippen molar-refractivity contribution in [3.63, 3.8) is 0 Å². The molecule has 2 rings (SSSR count). The number of piperidine rings is 2. The van der Waals surface area contributed by atoms with Gasteiger partial charge < -0.3 is 15.0 Å². The van der Waals surface area contributed by atoms with Crippen LogP contribution in [0.1, 0.15) is 53.4 Å². The lowest BCUT2D eigenvalue weighted by atomic mass is 9.83. The van der Waals surface area contributed by atoms with Gasteiger partial charge >= 0.3 is 6.09 Å². The van der Waals surface area contributed by atoms with Crippen molar-refractivity contribution in [3.05, 3.63) is 0 Å². The first-order valence-corrected chi connectivity index (χ1v) is 8.07. The Morgan fingerprint density at radius 1 is 1.25 bits per heavy atom. The van der Waals surface area contributed by atoms with Crippen LogP contribution in [-0.4, -0.2) is 42.3 Å². The number of amides is 1. The molecule has 0 aromatic rings. The molecule has 2 aliphatic heterocycles. The number of likely N-dealkylation sites (tertiary alicyclic amines) is 1. The van der Waals surface area contributed by atoms with Gasteiger partial charge in [-0.25, -0.2) is 4.79 Å². The molecular formula is C16H30N2O2. The van der Waals surface area contributed by atoms with Gasteiger partial charge in [-0.15, -0.1) is 0 Å². The monoisotopic (exact) mass is 282 g/mol. The Balaban J connectivity index is 2.05. The summed E-state index contributed by atoms with van der Waals surface area (Å²) >= 11 is 0. The van der Waals surface area contributed by atoms with E-state index in [0.29, 0.717) is 17.9 Å². The number of rotatable bonds is 1. The molecule has 1 N–H and O–H groups in total. The third-order valence-corrected chi connectivity index (χ3v) is 4.37. The van der Waals surface area contributed by atoms with Crippen molar-refractivity contribution >= 4 is 6.09 Å². The molecule has 0 aromatic heterocycles. The van der Waals surface area contributed by atoms with Crippen LogP contribution in [0.4, 0.5) is 4.79 Å². The second-order valence-corrected chi connectivity index (χ2v) is 7.49. The summed E-state index contributed by atoms with van der Waals surface area (Å²) in [6.45, 7) is 11.0. The van der Waals surface area contributed by atoms with Gasteiger partial charge in [-0.05, 0) is 71.4 Å². The molecule has 3 atom stereocenters. The SMILES string of the molecule is C[C@H]1CC[C@H](C2CCCNC2)N(C(=O)OC(C)(C)C)C1. The van der Waals surface area contributed by atoms with Crippen LogP contribution in [0, 0.1) is 11.8 Å². The zero-order valence-electron chi connectivity index (χ0n) is 13.4. The molecular weight excluding hydrogens is 252 g/mol. The lowest BCUT2D eigenvalue weighted by Crippen LogP contribution is -2.53. The van der Waals surface area contributed by atoms with Crippen LogP contribution in [0.15, 0.2) is 0 Å². The van der Waals surface area contributed by atoms with Crippen molar-refractivity contribution in [1.29, 1.82) is 0 Å². The molecule has 2 aliphatic rings. The maximum atomic E-state index is 12.5. The van der Waals surface area contributed by atoms with Gasteiger partial charge in [0.2, 0.25) is 0 Å². The van der Waals surface area contributed by atoms with Crippen LogP contribution in [0.2, 0.25) is 0 Å². The largest absolute Gasteiger partial charge is 0.444 e. The molecule has 2 saturated heterocycles. The number of hydrogen-bond acceptors (Lipinski definition) is 3. The Kier molecular flexibility index (Phi) is 4.95. The fourth-order valence-corrected chi connectivity index (χ4v) is 3.40. The summed E-state index contributed by atoms with van der Waals surface area (Å²) < 4.78 is 5.61. The van der Waals surface area contributed by atoms with Crippen LogP contribution in [0.5, 0.6) is 0 Å². The van der Waals surface area contributed by atoms with E-state index in [2.05, 4.69) is 12.2 Å². The Morgan fingerprint density at radius 3 is 2.60 bits per heavy atom. The highest BCUT2D eigenvalue weighted by atomic mass is 16.6. The van der Waals surface area contributed by atoms with Crippen molar-refractivity contribution in [2.45, 2.75) is 65.0 Å². The van der Waals surface area contributed by atoms with Crippen molar-refractivity contribution in [3.8, 4) is 0 Å². The molecule has 116 valence electrons. The molecule has 0 spiro atoms. The molecule has 4 heteroatoms. The predicted molar refractivity (Wildman–Crippen MR) is 80.7 cm³/mol. The lowest BCUT2D eigenvalue weighted by Gasteiger charge is -2.44. The van der Waals surface area contributed by atoms with Crippen molar-refractivity contribution in [2.75, 3.05) is 19.6 Å². The maximum absolute atomic E-state index is 12.5. The Hall–Kier alpha value is -0.770. The summed E-state index contributed by atoms with van der Waals surface area (Å²) in [4.78, 5) is 14.5. The first-order valence-electron chi connectivity index (χ1n) is 8.07. The molecule has 0 bridgehead atoms. The van der Waals surface area contributed by atoms with E-state index in [4.69, 9.17) is 4.74 Å². The molecule has 1 unspecified atom stereocenters. The smallest absolute Gasteiger partial charge is 0.410 e. The number of carbonyl (C=O) groups excluding carboxylic acids is 1. The minimum atomic E-state index is -0.410. The second-order valence-electron chi connectivity index (χ2n) is 7.49. The van der Waals surface area contributed by atoms with Crippen molar-refractivity contribution in [1.82, 2.24) is 10.2 Å². The number of nitrogens with one attached hydrogen (secondary N) is 1. The fraction of sp³-hybridized carbons (Fsp3) is 0.938. The van der Waals surface area contributed by atoms with Gasteiger partial charge in [0.05, 0.1) is 0 Å². The van der Waals surface area contributed by atoms with E-state index in [9.17, 15) is 4.79 Å². The predicted octanol–water partition coefficient (Wildman–Crippen LogP) is 3.02. The first-order chi connectivity index (χ1) is 9.37. The average molecular weight is 282 g/mol. The topological polar surface area (TPSA) is 41.6 Å². The Labute approximate surface area is 123 Å². The Bertz CT molecular complexity index is 332. The third-order valence-electron chi connectivity index (χ3n) is 4.37. The van der Waals surface area contributed by atoms with Gasteiger partial charge in [-0.1, -0.05) is 6.92 Å². The van der Waals surface area contributed by atoms with Crippen LogP contribution in [0.3, 0.4) is 0 Å². The van der Waals surface area contributed by atoms with Crippen LogP contribution >= 0.6 is 0 Å². The van der Waals surface area contributed by atoms with E-state index in [1.54, 1.807) is 0 Å². The van der Waals surface area contributed by atoms with E-state index in [0.717, 1.165) is 26.1 Å². The number of hydrogen-bond donors (Lipinski definition) is 1. The molecule has 0 radical (unpaired) electrons. The molecule has 2 fully saturated rings. The molecule has 2 heterocycles. The molecule has 20 heavy (non-hydrogen) atoms. The van der Waals surface area contributed by atoms with E-state index in [1.807, 2.05) is 25.7 Å². The minimum absolute atomic E-state index is 0.125. The average Bonchev–Trinajstić information content (AvgIpc) is 2.37. The molecule has 0 aromatic carbocycles. The number of carbonyl (C=O) groups is 1. The zero-order chi connectivity index (χ0) is 14.8. The van der Waals surface area contributed by atoms with Gasteiger partial charge in [0.1, 0.15) is 5.60 Å². The van der Waals surface area contributed by atoms with Crippen LogP contribution in [0.25, 0.3) is 0 Å². The van der Waals surface area contributed by atoms with Gasteiger partial charge in [0, 0.05) is 12.6 Å². The first kappa shape index (κ1) is 15.6. The molecule has 0 saturated carbocycles. The maximum Gasteiger partial charge on any atom is 0.410 e. The van der Waals surface area contributed by atoms with E-state index < -0.39 is 5.60 Å². The third kappa shape index (κ3) is 4.11. The lowest BCUT2D eigenvalue weighted by molar-refractivity contribution is -0.00736. The van der Waals surface area contributed by atoms with Crippen molar-refractivity contribution < 1.29 is 9.53 Å². The summed E-state index contributed by atoms with van der Waals surface area (Å²) in [6, 6.07) is 0.355. The van der Waals surface area contributed by atoms with E-state index in [1.165, 1.54) is 19.3 Å². The van der Waals surface area contributed by atoms with Gasteiger partial charge in [-0.3, -0.25) is 0 Å². The highest BCUT2D eigenvalue weighted by Crippen LogP contribution is 2.31. The highest BCUT2D eigenvalue weighted by Gasteiger charge is 2.37. The standard InChI is InChI=1S/C16H30N2O2/c1-12-7-8-14(13-6-5-9-17-10-13)18(11-12)15(19)20-16(2,3)4/h12-14,17H,5-11H2,1-4H3/t12-,13?,14+/m0/s1. The Morgan fingerprint density at radius 2 is 2.00 bits per heavy atom. The van der Waals surface area contributed by atoms with Gasteiger partial charge in [-0.2, -0.15) is 0 Å². The zero-order valence-corrected chi connectivity index (χ0v) is 13.4. The molecule has 4 nitrogen and oxygen atoms in total. The quantitative estimate of drug-likeness (QED) is 0.804. The van der Waals surface area contributed by atoms with Crippen LogP contribution < -0.4 is 5.32 Å². The summed E-state index contributed by atoms with van der Waals surface area (Å²) in [5.74, 6) is 1.17. The second kappa shape index (κ2) is 6.33. The van der Waals surface area contributed by atoms with Crippen molar-refractivity contribution in [2.24, 2.45) is 11.8 Å². The molecule has 0 aliphatic carbocycles. The fourth-order valence-electron chi connectivity index (χ4n) is 3.40. The molecule has 1 amide bonds. The normalized spacial score (nSPS) is 32.0. The summed E-state index contributed by atoms with van der Waals surface area (Å²) in [6.07, 6.45) is 4.66. The highest BCUT2D eigenvalue weighted by molar-refractivity contribution is 5.68.